The SMILES string of the molecule is CCOC(=S)Cc1ccc(C(N)=O)c(-c2c(Cl)c(F)cc3c2CC2(c4ccccc4)CN(C(=O)OC(C)(C)C)CCN32)c1F. The highest BCUT2D eigenvalue weighted by Crippen LogP contribution is 2.53. The van der Waals surface area contributed by atoms with Gasteiger partial charge in [0, 0.05) is 48.3 Å². The summed E-state index contributed by atoms with van der Waals surface area (Å²) in [5, 5.41) is -0.163. The molecule has 0 saturated carbocycles. The molecular weight excluding hydrogens is 608 g/mol. The third-order valence-corrected chi connectivity index (χ3v) is 8.60. The van der Waals surface area contributed by atoms with Crippen LogP contribution in [0.3, 0.4) is 0 Å². The number of piperazine rings is 1. The summed E-state index contributed by atoms with van der Waals surface area (Å²) in [6.07, 6.45) is -0.269. The summed E-state index contributed by atoms with van der Waals surface area (Å²) in [5.74, 6) is -2.45. The summed E-state index contributed by atoms with van der Waals surface area (Å²) >= 11 is 11.9. The first kappa shape index (κ1) is 31.7. The van der Waals surface area contributed by atoms with E-state index in [1.54, 1.807) is 32.6 Å². The number of primary amides is 1. The fourth-order valence-corrected chi connectivity index (χ4v) is 6.73. The third kappa shape index (κ3) is 5.73. The highest BCUT2D eigenvalue weighted by atomic mass is 35.5. The molecule has 1 saturated heterocycles. The number of carbonyl (C=O) groups excluding carboxylic acids is 2. The number of benzene rings is 3. The number of thiocarbonyl (C=S) groups is 1. The average molecular weight is 642 g/mol. The van der Waals surface area contributed by atoms with Crippen LogP contribution in [0.4, 0.5) is 19.3 Å². The third-order valence-electron chi connectivity index (χ3n) is 7.97. The van der Waals surface area contributed by atoms with Crippen LogP contribution in [-0.2, 0) is 27.9 Å². The molecule has 2 aliphatic heterocycles. The molecule has 1 atom stereocenters. The summed E-state index contributed by atoms with van der Waals surface area (Å²) in [6.45, 7) is 8.36. The van der Waals surface area contributed by atoms with Crippen molar-refractivity contribution in [3.8, 4) is 11.1 Å². The molecule has 3 aromatic rings. The van der Waals surface area contributed by atoms with Gasteiger partial charge in [0.2, 0.25) is 5.91 Å². The number of halogens is 3. The monoisotopic (exact) mass is 641 g/mol. The first-order chi connectivity index (χ1) is 20.8. The average Bonchev–Trinajstić information content (AvgIpc) is 3.29. The van der Waals surface area contributed by atoms with Gasteiger partial charge < -0.3 is 25.0 Å². The van der Waals surface area contributed by atoms with Crippen molar-refractivity contribution in [1.29, 1.82) is 0 Å². The normalized spacial score (nSPS) is 17.6. The van der Waals surface area contributed by atoms with Gasteiger partial charge in [-0.05, 0) is 68.7 Å². The van der Waals surface area contributed by atoms with E-state index in [0.29, 0.717) is 30.9 Å². The first-order valence-corrected chi connectivity index (χ1v) is 15.1. The van der Waals surface area contributed by atoms with Crippen LogP contribution in [0.2, 0.25) is 5.02 Å². The molecule has 3 aromatic carbocycles. The molecule has 2 heterocycles. The Morgan fingerprint density at radius 1 is 1.09 bits per heavy atom. The zero-order valence-corrected chi connectivity index (χ0v) is 26.6. The van der Waals surface area contributed by atoms with Crippen LogP contribution in [0.15, 0.2) is 48.5 Å². The van der Waals surface area contributed by atoms with Crippen LogP contribution in [0.5, 0.6) is 0 Å². The molecule has 0 bridgehead atoms. The number of nitrogens with zero attached hydrogens (tertiary/aromatic N) is 2. The van der Waals surface area contributed by atoms with Gasteiger partial charge in [0.25, 0.3) is 0 Å². The Morgan fingerprint density at radius 2 is 1.80 bits per heavy atom. The Hall–Kier alpha value is -3.76. The fraction of sp³-hybridized carbons (Fsp3) is 0.364. The van der Waals surface area contributed by atoms with Crippen LogP contribution >= 0.6 is 23.8 Å². The number of hydrogen-bond acceptors (Lipinski definition) is 6. The second-order valence-electron chi connectivity index (χ2n) is 12.0. The molecule has 0 aliphatic carbocycles. The molecule has 232 valence electrons. The number of nitrogens with two attached hydrogens (primary N) is 1. The molecular formula is C33H34ClF2N3O4S. The van der Waals surface area contributed by atoms with Crippen molar-refractivity contribution in [2.24, 2.45) is 5.73 Å². The minimum Gasteiger partial charge on any atom is -0.487 e. The van der Waals surface area contributed by atoms with Crippen molar-refractivity contribution < 1.29 is 27.8 Å². The smallest absolute Gasteiger partial charge is 0.410 e. The Kier molecular flexibility index (Phi) is 8.61. The molecule has 2 amide bonds. The van der Waals surface area contributed by atoms with Crippen molar-refractivity contribution in [2.75, 3.05) is 31.1 Å². The van der Waals surface area contributed by atoms with Gasteiger partial charge in [-0.3, -0.25) is 4.79 Å². The molecule has 7 nitrogen and oxygen atoms in total. The van der Waals surface area contributed by atoms with Crippen molar-refractivity contribution in [1.82, 2.24) is 4.90 Å². The number of rotatable bonds is 6. The quantitative estimate of drug-likeness (QED) is 0.298. The van der Waals surface area contributed by atoms with Gasteiger partial charge in [-0.15, -0.1) is 0 Å². The Labute approximate surface area is 265 Å². The maximum atomic E-state index is 16.5. The Bertz CT molecular complexity index is 1650. The van der Waals surface area contributed by atoms with E-state index < -0.39 is 34.8 Å². The van der Waals surface area contributed by atoms with Crippen LogP contribution in [-0.4, -0.2) is 53.8 Å². The van der Waals surface area contributed by atoms with E-state index in [-0.39, 0.29) is 51.7 Å². The molecule has 0 aromatic heterocycles. The summed E-state index contributed by atoms with van der Waals surface area (Å²) in [6, 6.07) is 13.7. The van der Waals surface area contributed by atoms with Gasteiger partial charge in [-0.25, -0.2) is 13.6 Å². The van der Waals surface area contributed by atoms with Crippen LogP contribution in [0.25, 0.3) is 11.1 Å². The Balaban J connectivity index is 1.71. The molecule has 1 fully saturated rings. The molecule has 5 rings (SSSR count). The van der Waals surface area contributed by atoms with E-state index in [1.165, 1.54) is 18.2 Å². The van der Waals surface area contributed by atoms with Gasteiger partial charge in [-0.1, -0.05) is 48.0 Å². The summed E-state index contributed by atoms with van der Waals surface area (Å²) < 4.78 is 43.3. The fourth-order valence-electron chi connectivity index (χ4n) is 6.19. The number of fused-ring (bicyclic) bond motifs is 3. The van der Waals surface area contributed by atoms with E-state index in [2.05, 4.69) is 0 Å². The van der Waals surface area contributed by atoms with Crippen molar-refractivity contribution in [2.45, 2.75) is 51.7 Å². The van der Waals surface area contributed by atoms with Crippen LogP contribution in [0, 0.1) is 11.6 Å². The zero-order valence-electron chi connectivity index (χ0n) is 25.0. The second kappa shape index (κ2) is 12.0. The minimum atomic E-state index is -0.892. The standard InChI is InChI=1S/C33H34ClF2N3O4S/c1-5-42-25(44)15-19-11-12-21(30(37)40)27(29(19)36)26-22-17-33(20-9-7-6-8-10-20)18-38(31(41)43-32(2,3)4)13-14-39(33)24(22)16-23(35)28(26)34/h6-12,16H,5,13-15,17-18H2,1-4H3,(H2,37,40). The lowest BCUT2D eigenvalue weighted by atomic mass is 9.82. The van der Waals surface area contributed by atoms with E-state index in [4.69, 9.17) is 39.0 Å². The largest absolute Gasteiger partial charge is 0.487 e. The van der Waals surface area contributed by atoms with Gasteiger partial charge in [0.15, 0.2) is 5.05 Å². The van der Waals surface area contributed by atoms with Crippen LogP contribution in [0.1, 0.15) is 54.7 Å². The van der Waals surface area contributed by atoms with E-state index in [1.807, 2.05) is 35.2 Å². The van der Waals surface area contributed by atoms with Gasteiger partial charge in [0.05, 0.1) is 23.7 Å². The second-order valence-corrected chi connectivity index (χ2v) is 12.8. The van der Waals surface area contributed by atoms with Crippen molar-refractivity contribution >= 4 is 46.6 Å². The Morgan fingerprint density at radius 3 is 2.43 bits per heavy atom. The topological polar surface area (TPSA) is 85.1 Å². The summed E-state index contributed by atoms with van der Waals surface area (Å²) in [5.41, 5.74) is 5.95. The number of ether oxygens (including phenoxy) is 2. The van der Waals surface area contributed by atoms with Crippen LogP contribution < -0.4 is 10.6 Å². The number of carbonyl (C=O) groups is 2. The lowest BCUT2D eigenvalue weighted by Gasteiger charge is -2.48. The number of anilines is 1. The lowest BCUT2D eigenvalue weighted by Crippen LogP contribution is -2.60. The van der Waals surface area contributed by atoms with E-state index in [0.717, 1.165) is 5.56 Å². The maximum absolute atomic E-state index is 16.5. The number of amides is 2. The molecule has 11 heteroatoms. The molecule has 44 heavy (non-hydrogen) atoms. The predicted molar refractivity (Wildman–Crippen MR) is 170 cm³/mol. The van der Waals surface area contributed by atoms with Gasteiger partial charge in [-0.2, -0.15) is 0 Å². The molecule has 0 spiro atoms. The minimum absolute atomic E-state index is 0.0406. The molecule has 2 aliphatic rings. The van der Waals surface area contributed by atoms with Crippen molar-refractivity contribution in [3.05, 3.63) is 87.4 Å². The van der Waals surface area contributed by atoms with Crippen molar-refractivity contribution in [3.63, 3.8) is 0 Å². The van der Waals surface area contributed by atoms with E-state index in [9.17, 15) is 9.59 Å². The molecule has 2 N–H and O–H groups in total. The molecule has 0 radical (unpaired) electrons. The van der Waals surface area contributed by atoms with Gasteiger partial charge in [0.1, 0.15) is 17.2 Å². The van der Waals surface area contributed by atoms with Gasteiger partial charge >= 0.3 is 6.09 Å². The summed E-state index contributed by atoms with van der Waals surface area (Å²) in [7, 11) is 0. The molecule has 1 unspecified atom stereocenters. The van der Waals surface area contributed by atoms with E-state index >= 15 is 8.78 Å². The number of hydrogen-bond donors (Lipinski definition) is 1. The predicted octanol–water partition coefficient (Wildman–Crippen LogP) is 6.80. The summed E-state index contributed by atoms with van der Waals surface area (Å²) in [4.78, 5) is 29.6. The lowest BCUT2D eigenvalue weighted by molar-refractivity contribution is 0.0164. The maximum Gasteiger partial charge on any atom is 0.410 e. The highest BCUT2D eigenvalue weighted by Gasteiger charge is 2.51. The first-order valence-electron chi connectivity index (χ1n) is 14.4. The zero-order chi connectivity index (χ0) is 32.0. The highest BCUT2D eigenvalue weighted by molar-refractivity contribution is 7.80.